The van der Waals surface area contributed by atoms with Crippen molar-refractivity contribution in [3.05, 3.63) is 18.3 Å². The third kappa shape index (κ3) is 3.87. The van der Waals surface area contributed by atoms with Gasteiger partial charge in [0.15, 0.2) is 0 Å². The molecule has 8 nitrogen and oxygen atoms in total. The van der Waals surface area contributed by atoms with Gasteiger partial charge in [-0.15, -0.1) is 0 Å². The minimum atomic E-state index is -3.58. The number of nitrogens with two attached hydrogens (primary N) is 1. The Morgan fingerprint density at radius 1 is 1.55 bits per heavy atom. The molecule has 1 aliphatic rings. The molecule has 0 aromatic carbocycles. The van der Waals surface area contributed by atoms with E-state index >= 15 is 0 Å². The molecule has 1 atom stereocenters. The zero-order valence-electron chi connectivity index (χ0n) is 11.2. The molecule has 1 fully saturated rings. The second-order valence-corrected chi connectivity index (χ2v) is 6.40. The zero-order chi connectivity index (χ0) is 14.6. The Bertz CT molecular complexity index is 533. The normalized spacial score (nSPS) is 20.8. The van der Waals surface area contributed by atoms with Gasteiger partial charge < -0.3 is 15.1 Å². The van der Waals surface area contributed by atoms with E-state index in [1.165, 1.54) is 18.3 Å². The predicted molar refractivity (Wildman–Crippen MR) is 74.5 cm³/mol. The highest BCUT2D eigenvalue weighted by Crippen LogP contribution is 2.10. The molecule has 2 heterocycles. The largest absolute Gasteiger partial charge is 0.374 e. The van der Waals surface area contributed by atoms with Gasteiger partial charge in [-0.1, -0.05) is 0 Å². The summed E-state index contributed by atoms with van der Waals surface area (Å²) in [5.74, 6) is 5.58. The Morgan fingerprint density at radius 2 is 2.35 bits per heavy atom. The Morgan fingerprint density at radius 3 is 2.95 bits per heavy atom. The standard InChI is InChI=1S/C11H19N5O3S/c1-16-4-5-19-9(8-16)6-14-20(17,18)10-2-3-11(15-12)13-7-10/h2-3,7,9,14H,4-6,8,12H2,1H3,(H,13,15). The van der Waals surface area contributed by atoms with Gasteiger partial charge in [0.05, 0.1) is 12.7 Å². The van der Waals surface area contributed by atoms with Crippen LogP contribution in [-0.2, 0) is 14.8 Å². The van der Waals surface area contributed by atoms with Gasteiger partial charge in [0.25, 0.3) is 0 Å². The minimum Gasteiger partial charge on any atom is -0.374 e. The van der Waals surface area contributed by atoms with Crippen molar-refractivity contribution in [3.63, 3.8) is 0 Å². The Hall–Kier alpha value is -1.26. The number of hydrazine groups is 1. The lowest BCUT2D eigenvalue weighted by Gasteiger charge is -2.30. The van der Waals surface area contributed by atoms with Gasteiger partial charge in [-0.05, 0) is 19.2 Å². The van der Waals surface area contributed by atoms with Crippen LogP contribution >= 0.6 is 0 Å². The van der Waals surface area contributed by atoms with E-state index in [0.717, 1.165) is 6.54 Å². The Kier molecular flexibility index (Phi) is 4.89. The molecule has 4 N–H and O–H groups in total. The number of pyridine rings is 1. The van der Waals surface area contributed by atoms with Crippen molar-refractivity contribution in [2.75, 3.05) is 38.7 Å². The van der Waals surface area contributed by atoms with Crippen LogP contribution in [0.2, 0.25) is 0 Å². The molecule has 1 unspecified atom stereocenters. The number of anilines is 1. The molecule has 112 valence electrons. The summed E-state index contributed by atoms with van der Waals surface area (Å²) in [6.45, 7) is 2.42. The minimum absolute atomic E-state index is 0.0978. The number of rotatable bonds is 5. The highest BCUT2D eigenvalue weighted by molar-refractivity contribution is 7.89. The van der Waals surface area contributed by atoms with Crippen molar-refractivity contribution in [2.24, 2.45) is 5.84 Å². The topological polar surface area (TPSA) is 110 Å². The van der Waals surface area contributed by atoms with E-state index in [-0.39, 0.29) is 17.5 Å². The molecule has 0 radical (unpaired) electrons. The smallest absolute Gasteiger partial charge is 0.242 e. The fraction of sp³-hybridized carbons (Fsp3) is 0.545. The first-order valence-electron chi connectivity index (χ1n) is 6.24. The fourth-order valence-corrected chi connectivity index (χ4v) is 2.91. The van der Waals surface area contributed by atoms with Gasteiger partial charge in [0, 0.05) is 25.8 Å². The Balaban J connectivity index is 1.96. The Labute approximate surface area is 118 Å². The number of nitrogen functional groups attached to an aromatic ring is 1. The molecule has 1 saturated heterocycles. The van der Waals surface area contributed by atoms with Crippen molar-refractivity contribution in [1.82, 2.24) is 14.6 Å². The third-order valence-corrected chi connectivity index (χ3v) is 4.45. The van der Waals surface area contributed by atoms with Crippen LogP contribution < -0.4 is 16.0 Å². The number of sulfonamides is 1. The average molecular weight is 301 g/mol. The van der Waals surface area contributed by atoms with Gasteiger partial charge in [-0.2, -0.15) is 0 Å². The van der Waals surface area contributed by atoms with E-state index in [9.17, 15) is 8.42 Å². The van der Waals surface area contributed by atoms with Crippen LogP contribution in [0.1, 0.15) is 0 Å². The first-order chi connectivity index (χ1) is 9.51. The van der Waals surface area contributed by atoms with Gasteiger partial charge in [-0.3, -0.25) is 0 Å². The number of hydrogen-bond donors (Lipinski definition) is 3. The molecule has 0 aliphatic carbocycles. The average Bonchev–Trinajstić information content (AvgIpc) is 2.45. The van der Waals surface area contributed by atoms with Crippen LogP contribution in [0.15, 0.2) is 23.2 Å². The molecule has 0 spiro atoms. The number of ether oxygens (including phenoxy) is 1. The van der Waals surface area contributed by atoms with Crippen LogP contribution in [0.25, 0.3) is 0 Å². The number of nitrogens with one attached hydrogen (secondary N) is 2. The summed E-state index contributed by atoms with van der Waals surface area (Å²) >= 11 is 0. The lowest BCUT2D eigenvalue weighted by Crippen LogP contribution is -2.45. The summed E-state index contributed by atoms with van der Waals surface area (Å²) in [6.07, 6.45) is 1.12. The van der Waals surface area contributed by atoms with Crippen LogP contribution in [-0.4, -0.2) is 57.7 Å². The molecule has 0 bridgehead atoms. The monoisotopic (exact) mass is 301 g/mol. The fourth-order valence-electron chi connectivity index (χ4n) is 1.90. The van der Waals surface area contributed by atoms with E-state index in [4.69, 9.17) is 10.6 Å². The molecular formula is C11H19N5O3S. The summed E-state index contributed by atoms with van der Waals surface area (Å²) in [4.78, 5) is 6.08. The summed E-state index contributed by atoms with van der Waals surface area (Å²) in [7, 11) is -1.60. The number of hydrogen-bond acceptors (Lipinski definition) is 7. The molecule has 0 saturated carbocycles. The third-order valence-electron chi connectivity index (χ3n) is 3.04. The maximum absolute atomic E-state index is 12.1. The van der Waals surface area contributed by atoms with E-state index in [0.29, 0.717) is 19.0 Å². The lowest BCUT2D eigenvalue weighted by molar-refractivity contribution is -0.0156. The lowest BCUT2D eigenvalue weighted by atomic mass is 10.3. The SMILES string of the molecule is CN1CCOC(CNS(=O)(=O)c2ccc(NN)nc2)C1. The summed E-state index contributed by atoms with van der Waals surface area (Å²) in [5, 5.41) is 0. The molecule has 1 aliphatic heterocycles. The second-order valence-electron chi connectivity index (χ2n) is 4.63. The molecule has 20 heavy (non-hydrogen) atoms. The first-order valence-corrected chi connectivity index (χ1v) is 7.72. The van der Waals surface area contributed by atoms with Crippen LogP contribution in [0, 0.1) is 0 Å². The summed E-state index contributed by atoms with van der Waals surface area (Å²) in [6, 6.07) is 2.94. The van der Waals surface area contributed by atoms with E-state index < -0.39 is 10.0 Å². The first kappa shape index (κ1) is 15.1. The van der Waals surface area contributed by atoms with Crippen LogP contribution in [0.5, 0.6) is 0 Å². The molecule has 1 aromatic heterocycles. The van der Waals surface area contributed by atoms with Crippen LogP contribution in [0.4, 0.5) is 5.82 Å². The number of morpholine rings is 1. The summed E-state index contributed by atoms with van der Waals surface area (Å²) in [5.41, 5.74) is 2.34. The van der Waals surface area contributed by atoms with Crippen LogP contribution in [0.3, 0.4) is 0 Å². The van der Waals surface area contributed by atoms with Crippen molar-refractivity contribution in [2.45, 2.75) is 11.0 Å². The molecule has 9 heteroatoms. The molecule has 2 rings (SSSR count). The maximum atomic E-state index is 12.1. The van der Waals surface area contributed by atoms with Crippen molar-refractivity contribution < 1.29 is 13.2 Å². The van der Waals surface area contributed by atoms with Crippen molar-refractivity contribution in [1.29, 1.82) is 0 Å². The van der Waals surface area contributed by atoms with Gasteiger partial charge in [-0.25, -0.2) is 24.0 Å². The quantitative estimate of drug-likeness (QED) is 0.471. The molecule has 1 aromatic rings. The number of nitrogens with zero attached hydrogens (tertiary/aromatic N) is 2. The highest BCUT2D eigenvalue weighted by atomic mass is 32.2. The zero-order valence-corrected chi connectivity index (χ0v) is 12.1. The number of likely N-dealkylation sites (N-methyl/N-ethyl adjacent to an activating group) is 1. The number of aromatic nitrogens is 1. The van der Waals surface area contributed by atoms with Gasteiger partial charge >= 0.3 is 0 Å². The van der Waals surface area contributed by atoms with Crippen molar-refractivity contribution >= 4 is 15.8 Å². The van der Waals surface area contributed by atoms with Gasteiger partial charge in [0.1, 0.15) is 10.7 Å². The van der Waals surface area contributed by atoms with Crippen molar-refractivity contribution in [3.8, 4) is 0 Å². The maximum Gasteiger partial charge on any atom is 0.242 e. The van der Waals surface area contributed by atoms with E-state index in [1.54, 1.807) is 0 Å². The predicted octanol–water partition coefficient (Wildman–Crippen LogP) is -1.02. The van der Waals surface area contributed by atoms with E-state index in [2.05, 4.69) is 20.0 Å². The summed E-state index contributed by atoms with van der Waals surface area (Å²) < 4.78 is 32.2. The van der Waals surface area contributed by atoms with Gasteiger partial charge in [0.2, 0.25) is 10.0 Å². The highest BCUT2D eigenvalue weighted by Gasteiger charge is 2.21. The molecular weight excluding hydrogens is 282 g/mol. The van der Waals surface area contributed by atoms with E-state index in [1.807, 2.05) is 7.05 Å². The molecule has 0 amide bonds. The second kappa shape index (κ2) is 6.46.